The lowest BCUT2D eigenvalue weighted by molar-refractivity contribution is -0.123. The molecule has 3 N–H and O–H groups in total. The van der Waals surface area contributed by atoms with Crippen molar-refractivity contribution in [3.05, 3.63) is 85.1 Å². The highest BCUT2D eigenvalue weighted by atomic mass is 16.3. The smallest absolute Gasteiger partial charge is 0.220 e. The third-order valence-electron chi connectivity index (χ3n) is 17.1. The highest BCUT2D eigenvalue weighted by Gasteiger charge is 2.18. The van der Waals surface area contributed by atoms with Crippen LogP contribution in [0.25, 0.3) is 0 Å². The fraction of sp³-hybridized carbons (Fsp3) is 0.810. The average Bonchev–Trinajstić information content (AvgIpc) is 3.51. The lowest BCUT2D eigenvalue weighted by atomic mass is 10.0. The summed E-state index contributed by atoms with van der Waals surface area (Å²) in [7, 11) is 0. The van der Waals surface area contributed by atoms with Gasteiger partial charge in [-0.2, -0.15) is 0 Å². The Hall–Kier alpha value is -2.43. The van der Waals surface area contributed by atoms with Gasteiger partial charge in [0.15, 0.2) is 0 Å². The van der Waals surface area contributed by atoms with Gasteiger partial charge < -0.3 is 15.5 Å². The SMILES string of the molecule is CC/C=C\C/C=C\C/C=C\C/C=C\C/C=C\C/C=C\CCCCCCCCCCCCCCCCCCCCCCCCC(=O)NC(CO)C(O)/C=C/CCCCCCCCCCCCCCCCCCCCCCCCCCCCCC. The molecule has 0 aliphatic rings. The van der Waals surface area contributed by atoms with Crippen LogP contribution in [-0.4, -0.2) is 34.9 Å². The molecule has 1 amide bonds. The van der Waals surface area contributed by atoms with Crippen LogP contribution in [0.4, 0.5) is 0 Å². The van der Waals surface area contributed by atoms with E-state index in [-0.39, 0.29) is 12.5 Å². The fourth-order valence-electron chi connectivity index (χ4n) is 11.5. The molecule has 0 bridgehead atoms. The minimum absolute atomic E-state index is 0.0574. The van der Waals surface area contributed by atoms with E-state index in [1.54, 1.807) is 6.08 Å². The highest BCUT2D eigenvalue weighted by Crippen LogP contribution is 2.19. The van der Waals surface area contributed by atoms with Crippen molar-refractivity contribution < 1.29 is 15.0 Å². The zero-order valence-corrected chi connectivity index (χ0v) is 56.0. The zero-order chi connectivity index (χ0) is 59.8. The molecule has 0 saturated carbocycles. The molecule has 0 fully saturated rings. The fourth-order valence-corrected chi connectivity index (χ4v) is 11.5. The molecular formula is C79H145NO3. The molecule has 4 heteroatoms. The van der Waals surface area contributed by atoms with Crippen molar-refractivity contribution in [2.45, 2.75) is 405 Å². The molecule has 0 heterocycles. The van der Waals surface area contributed by atoms with Crippen molar-refractivity contribution in [2.24, 2.45) is 0 Å². The second kappa shape index (κ2) is 73.8. The summed E-state index contributed by atoms with van der Waals surface area (Å²) in [5.41, 5.74) is 0. The summed E-state index contributed by atoms with van der Waals surface area (Å²) in [5, 5.41) is 23.3. The second-order valence-corrected chi connectivity index (χ2v) is 25.3. The maximum absolute atomic E-state index is 12.6. The second-order valence-electron chi connectivity index (χ2n) is 25.3. The maximum Gasteiger partial charge on any atom is 0.220 e. The van der Waals surface area contributed by atoms with Gasteiger partial charge in [0.25, 0.3) is 0 Å². The van der Waals surface area contributed by atoms with E-state index in [1.807, 2.05) is 6.08 Å². The van der Waals surface area contributed by atoms with Gasteiger partial charge in [-0.1, -0.05) is 401 Å². The topological polar surface area (TPSA) is 69.6 Å². The Kier molecular flexibility index (Phi) is 71.7. The Balaban J connectivity index is 3.43. The third-order valence-corrected chi connectivity index (χ3v) is 17.1. The van der Waals surface area contributed by atoms with Gasteiger partial charge in [-0.25, -0.2) is 0 Å². The van der Waals surface area contributed by atoms with Crippen molar-refractivity contribution in [2.75, 3.05) is 6.61 Å². The molecule has 484 valence electrons. The van der Waals surface area contributed by atoms with Gasteiger partial charge in [-0.3, -0.25) is 4.79 Å². The lowest BCUT2D eigenvalue weighted by Gasteiger charge is -2.20. The molecule has 0 aromatic rings. The minimum atomic E-state index is -0.842. The van der Waals surface area contributed by atoms with Gasteiger partial charge in [0, 0.05) is 6.42 Å². The normalized spacial score (nSPS) is 13.2. The molecule has 0 saturated heterocycles. The number of allylic oxidation sites excluding steroid dienone is 13. The number of carbonyl (C=O) groups excluding carboxylic acids is 1. The molecule has 0 aliphatic carbocycles. The van der Waals surface area contributed by atoms with Crippen molar-refractivity contribution in [3.63, 3.8) is 0 Å². The summed E-state index contributed by atoms with van der Waals surface area (Å²) in [6.45, 7) is 4.23. The Morgan fingerprint density at radius 3 is 0.795 bits per heavy atom. The quantitative estimate of drug-likeness (QED) is 0.0420. The Labute approximate surface area is 520 Å². The largest absolute Gasteiger partial charge is 0.394 e. The Morgan fingerprint density at radius 1 is 0.301 bits per heavy atom. The van der Waals surface area contributed by atoms with Crippen LogP contribution in [0.15, 0.2) is 85.1 Å². The van der Waals surface area contributed by atoms with Crippen LogP contribution in [-0.2, 0) is 4.79 Å². The van der Waals surface area contributed by atoms with Crippen LogP contribution >= 0.6 is 0 Å². The highest BCUT2D eigenvalue weighted by molar-refractivity contribution is 5.76. The number of amides is 1. The van der Waals surface area contributed by atoms with Crippen LogP contribution in [0.3, 0.4) is 0 Å². The number of hydrogen-bond donors (Lipinski definition) is 3. The van der Waals surface area contributed by atoms with Gasteiger partial charge in [-0.05, 0) is 70.6 Å². The van der Waals surface area contributed by atoms with Crippen LogP contribution < -0.4 is 5.32 Å². The lowest BCUT2D eigenvalue weighted by Crippen LogP contribution is -2.45. The van der Waals surface area contributed by atoms with Crippen LogP contribution in [0.2, 0.25) is 0 Å². The number of aliphatic hydroxyl groups is 2. The van der Waals surface area contributed by atoms with Crippen molar-refractivity contribution in [3.8, 4) is 0 Å². The summed E-state index contributed by atoms with van der Waals surface area (Å²) in [6.07, 6.45) is 108. The molecule has 83 heavy (non-hydrogen) atoms. The number of carbonyl (C=O) groups is 1. The monoisotopic (exact) mass is 1160 g/mol. The molecule has 0 rings (SSSR count). The van der Waals surface area contributed by atoms with Crippen molar-refractivity contribution in [1.29, 1.82) is 0 Å². The number of aliphatic hydroxyl groups excluding tert-OH is 2. The van der Waals surface area contributed by atoms with E-state index in [0.29, 0.717) is 6.42 Å². The molecular weight excluding hydrogens is 1010 g/mol. The van der Waals surface area contributed by atoms with E-state index in [2.05, 4.69) is 92.1 Å². The molecule has 0 radical (unpaired) electrons. The van der Waals surface area contributed by atoms with E-state index in [1.165, 1.54) is 308 Å². The summed E-state index contributed by atoms with van der Waals surface area (Å²) in [4.78, 5) is 12.6. The van der Waals surface area contributed by atoms with E-state index in [4.69, 9.17) is 0 Å². The van der Waals surface area contributed by atoms with Gasteiger partial charge in [0.1, 0.15) is 0 Å². The Bertz CT molecular complexity index is 1450. The summed E-state index contributed by atoms with van der Waals surface area (Å²) < 4.78 is 0. The number of nitrogens with one attached hydrogen (secondary N) is 1. The van der Waals surface area contributed by atoms with Gasteiger partial charge in [0.2, 0.25) is 5.91 Å². The number of unbranched alkanes of at least 4 members (excludes halogenated alkanes) is 50. The van der Waals surface area contributed by atoms with Crippen molar-refractivity contribution >= 4 is 5.91 Å². The minimum Gasteiger partial charge on any atom is -0.394 e. The van der Waals surface area contributed by atoms with E-state index in [0.717, 1.165) is 64.2 Å². The maximum atomic E-state index is 12.6. The van der Waals surface area contributed by atoms with Crippen LogP contribution in [0.5, 0.6) is 0 Å². The predicted molar refractivity (Wildman–Crippen MR) is 373 cm³/mol. The number of hydrogen-bond acceptors (Lipinski definition) is 3. The van der Waals surface area contributed by atoms with E-state index in [9.17, 15) is 15.0 Å². The first-order chi connectivity index (χ1) is 41.2. The van der Waals surface area contributed by atoms with E-state index < -0.39 is 12.1 Å². The van der Waals surface area contributed by atoms with Crippen molar-refractivity contribution in [1.82, 2.24) is 5.32 Å². The van der Waals surface area contributed by atoms with Gasteiger partial charge >= 0.3 is 0 Å². The first-order valence-electron chi connectivity index (χ1n) is 37.3. The zero-order valence-electron chi connectivity index (χ0n) is 56.0. The van der Waals surface area contributed by atoms with Crippen LogP contribution in [0, 0.1) is 0 Å². The molecule has 4 nitrogen and oxygen atoms in total. The molecule has 2 unspecified atom stereocenters. The summed E-state index contributed by atoms with van der Waals surface area (Å²) in [5.74, 6) is -0.0574. The average molecular weight is 1160 g/mol. The van der Waals surface area contributed by atoms with Gasteiger partial charge in [-0.15, -0.1) is 0 Å². The standard InChI is InChI=1S/C79H145NO3/c1-3-5-7-9-11-13-15-17-19-21-23-25-27-29-31-33-35-36-37-38-39-40-41-42-43-44-45-47-49-51-53-55-57-59-61-63-65-67-69-71-73-75-79(83)80-77(76-81)78(82)74-72-70-68-66-64-62-60-58-56-54-52-50-48-46-34-32-30-28-26-24-22-20-18-16-14-12-10-8-6-4-2/h5,7,11,13,17,19,23,25,29,31,35-36,72,74,77-78,81-82H,3-4,6,8-10,12,14-16,18,20-22,24,26-28,30,32-34,37-71,73,75-76H2,1-2H3,(H,80,83)/b7-5-,13-11-,19-17-,25-23-,31-29-,36-35-,74-72+. The summed E-state index contributed by atoms with van der Waals surface area (Å²) >= 11 is 0. The molecule has 0 aromatic carbocycles. The van der Waals surface area contributed by atoms with Gasteiger partial charge in [0.05, 0.1) is 18.8 Å². The molecule has 0 aliphatic heterocycles. The van der Waals surface area contributed by atoms with E-state index >= 15 is 0 Å². The molecule has 0 spiro atoms. The number of rotatable bonds is 69. The first kappa shape index (κ1) is 80.6. The first-order valence-corrected chi connectivity index (χ1v) is 37.3. The molecule has 2 atom stereocenters. The molecule has 0 aromatic heterocycles. The third kappa shape index (κ3) is 70.2. The predicted octanol–water partition coefficient (Wildman–Crippen LogP) is 25.8. The Morgan fingerprint density at radius 2 is 0.530 bits per heavy atom. The van der Waals surface area contributed by atoms with Crippen LogP contribution in [0.1, 0.15) is 393 Å². The summed E-state index contributed by atoms with van der Waals surface area (Å²) in [6, 6.07) is -0.625.